The molecule has 4 rings (SSSR count). The van der Waals surface area contributed by atoms with Gasteiger partial charge < -0.3 is 14.7 Å². The molecule has 0 aromatic heterocycles. The van der Waals surface area contributed by atoms with Gasteiger partial charge in [-0.15, -0.1) is 0 Å². The molecular formula is C21H21Cl2N3O2. The molecule has 0 aliphatic carbocycles. The van der Waals surface area contributed by atoms with Crippen LogP contribution in [0.4, 0.5) is 11.4 Å². The van der Waals surface area contributed by atoms with Crippen LogP contribution < -0.4 is 9.80 Å². The number of piperazine rings is 1. The quantitative estimate of drug-likeness (QED) is 0.755. The minimum Gasteiger partial charge on any atom is -0.368 e. The van der Waals surface area contributed by atoms with Crippen molar-refractivity contribution in [3.05, 3.63) is 58.1 Å². The van der Waals surface area contributed by atoms with Crippen LogP contribution in [-0.4, -0.2) is 49.4 Å². The smallest absolute Gasteiger partial charge is 0.256 e. The van der Waals surface area contributed by atoms with Crippen molar-refractivity contribution < 1.29 is 9.59 Å². The SMILES string of the molecule is O=C(c1ccc(Cl)cc1N1CCCC1=O)N1CCN(c2cccc(Cl)c2)CC1. The Morgan fingerprint density at radius 1 is 0.893 bits per heavy atom. The van der Waals surface area contributed by atoms with Crippen LogP contribution in [0, 0.1) is 0 Å². The first kappa shape index (κ1) is 19.1. The highest BCUT2D eigenvalue weighted by molar-refractivity contribution is 6.31. The minimum absolute atomic E-state index is 0.0436. The second kappa shape index (κ2) is 8.02. The van der Waals surface area contributed by atoms with Crippen molar-refractivity contribution in [1.29, 1.82) is 0 Å². The molecule has 2 amide bonds. The van der Waals surface area contributed by atoms with Gasteiger partial charge in [0.25, 0.3) is 5.91 Å². The number of hydrogen-bond acceptors (Lipinski definition) is 3. The Hall–Kier alpha value is -2.24. The molecule has 0 spiro atoms. The lowest BCUT2D eigenvalue weighted by atomic mass is 10.1. The van der Waals surface area contributed by atoms with Crippen molar-refractivity contribution in [2.24, 2.45) is 0 Å². The molecule has 2 aromatic rings. The summed E-state index contributed by atoms with van der Waals surface area (Å²) in [7, 11) is 0. The summed E-state index contributed by atoms with van der Waals surface area (Å²) in [5.74, 6) is -0.0146. The number of anilines is 2. The third-order valence-electron chi connectivity index (χ3n) is 5.29. The first-order valence-corrected chi connectivity index (χ1v) is 10.2. The van der Waals surface area contributed by atoms with Crippen LogP contribution in [-0.2, 0) is 4.79 Å². The highest BCUT2D eigenvalue weighted by Crippen LogP contribution is 2.30. The van der Waals surface area contributed by atoms with Crippen LogP contribution in [0.25, 0.3) is 0 Å². The van der Waals surface area contributed by atoms with E-state index >= 15 is 0 Å². The molecule has 2 aromatic carbocycles. The van der Waals surface area contributed by atoms with Gasteiger partial charge in [-0.25, -0.2) is 0 Å². The van der Waals surface area contributed by atoms with E-state index in [4.69, 9.17) is 23.2 Å². The average molecular weight is 418 g/mol. The van der Waals surface area contributed by atoms with E-state index in [2.05, 4.69) is 4.90 Å². The molecule has 2 aliphatic heterocycles. The van der Waals surface area contributed by atoms with E-state index in [1.807, 2.05) is 29.2 Å². The summed E-state index contributed by atoms with van der Waals surface area (Å²) in [6, 6.07) is 12.9. The number of hydrogen-bond donors (Lipinski definition) is 0. The van der Waals surface area contributed by atoms with Crippen LogP contribution in [0.15, 0.2) is 42.5 Å². The second-order valence-corrected chi connectivity index (χ2v) is 7.94. The Bertz CT molecular complexity index is 910. The largest absolute Gasteiger partial charge is 0.368 e. The third kappa shape index (κ3) is 3.82. The van der Waals surface area contributed by atoms with Crippen molar-refractivity contribution in [2.45, 2.75) is 12.8 Å². The summed E-state index contributed by atoms with van der Waals surface area (Å²) in [5, 5.41) is 1.23. The Labute approximate surface area is 174 Å². The third-order valence-corrected chi connectivity index (χ3v) is 5.76. The zero-order valence-corrected chi connectivity index (χ0v) is 16.9. The predicted molar refractivity (Wildman–Crippen MR) is 113 cm³/mol. The summed E-state index contributed by atoms with van der Waals surface area (Å²) in [4.78, 5) is 31.2. The number of carbonyl (C=O) groups excluding carboxylic acids is 2. The van der Waals surface area contributed by atoms with E-state index in [1.165, 1.54) is 0 Å². The molecule has 7 heteroatoms. The standard InChI is InChI=1S/C21H21Cl2N3O2/c22-15-3-1-4-17(13-15)24-9-11-25(12-10-24)21(28)18-7-6-16(23)14-19(18)26-8-2-5-20(26)27/h1,3-4,6-7,13-14H,2,5,8-12H2. The summed E-state index contributed by atoms with van der Waals surface area (Å²) >= 11 is 12.2. The molecule has 2 saturated heterocycles. The van der Waals surface area contributed by atoms with Crippen molar-refractivity contribution >= 4 is 46.4 Å². The van der Waals surface area contributed by atoms with Gasteiger partial charge >= 0.3 is 0 Å². The first-order valence-electron chi connectivity index (χ1n) is 9.42. The lowest BCUT2D eigenvalue weighted by Gasteiger charge is -2.36. The van der Waals surface area contributed by atoms with Crippen LogP contribution in [0.3, 0.4) is 0 Å². The van der Waals surface area contributed by atoms with Crippen LogP contribution in [0.1, 0.15) is 23.2 Å². The molecule has 146 valence electrons. The summed E-state index contributed by atoms with van der Waals surface area (Å²) in [5.41, 5.74) is 2.22. The number of benzene rings is 2. The molecule has 28 heavy (non-hydrogen) atoms. The molecule has 2 aliphatic rings. The first-order chi connectivity index (χ1) is 13.5. The number of carbonyl (C=O) groups is 2. The van der Waals surface area contributed by atoms with Crippen molar-refractivity contribution in [1.82, 2.24) is 4.90 Å². The van der Waals surface area contributed by atoms with E-state index in [0.717, 1.165) is 25.2 Å². The van der Waals surface area contributed by atoms with Crippen molar-refractivity contribution in [3.8, 4) is 0 Å². The zero-order valence-electron chi connectivity index (χ0n) is 15.4. The predicted octanol–water partition coefficient (Wildman–Crippen LogP) is 4.08. The van der Waals surface area contributed by atoms with Gasteiger partial charge in [0.1, 0.15) is 0 Å². The number of nitrogens with zero attached hydrogens (tertiary/aromatic N) is 3. The minimum atomic E-state index is -0.0582. The van der Waals surface area contributed by atoms with Gasteiger partial charge in [-0.1, -0.05) is 29.3 Å². The van der Waals surface area contributed by atoms with Gasteiger partial charge in [0, 0.05) is 54.9 Å². The van der Waals surface area contributed by atoms with Crippen LogP contribution in [0.2, 0.25) is 10.0 Å². The van der Waals surface area contributed by atoms with E-state index in [1.54, 1.807) is 23.1 Å². The molecule has 0 unspecified atom stereocenters. The Morgan fingerprint density at radius 3 is 2.32 bits per heavy atom. The fraction of sp³-hybridized carbons (Fsp3) is 0.333. The maximum atomic E-state index is 13.2. The molecule has 0 atom stereocenters. The van der Waals surface area contributed by atoms with Crippen LogP contribution >= 0.6 is 23.2 Å². The zero-order chi connectivity index (χ0) is 19.7. The van der Waals surface area contributed by atoms with E-state index in [9.17, 15) is 9.59 Å². The Kier molecular flexibility index (Phi) is 5.47. The molecule has 0 saturated carbocycles. The normalized spacial score (nSPS) is 17.4. The fourth-order valence-electron chi connectivity index (χ4n) is 3.82. The summed E-state index contributed by atoms with van der Waals surface area (Å²) < 4.78 is 0. The highest BCUT2D eigenvalue weighted by atomic mass is 35.5. The van der Waals surface area contributed by atoms with Crippen molar-refractivity contribution in [3.63, 3.8) is 0 Å². The van der Waals surface area contributed by atoms with Gasteiger partial charge in [0.2, 0.25) is 5.91 Å². The summed E-state index contributed by atoms with van der Waals surface area (Å²) in [6.07, 6.45) is 1.32. The average Bonchev–Trinajstić information content (AvgIpc) is 3.13. The van der Waals surface area contributed by atoms with E-state index in [-0.39, 0.29) is 11.8 Å². The number of halogens is 2. The van der Waals surface area contributed by atoms with Gasteiger partial charge in [-0.3, -0.25) is 9.59 Å². The van der Waals surface area contributed by atoms with E-state index < -0.39 is 0 Å². The van der Waals surface area contributed by atoms with E-state index in [0.29, 0.717) is 47.4 Å². The molecule has 0 N–H and O–H groups in total. The molecule has 0 radical (unpaired) electrons. The van der Waals surface area contributed by atoms with Crippen LogP contribution in [0.5, 0.6) is 0 Å². The van der Waals surface area contributed by atoms with Gasteiger partial charge in [-0.2, -0.15) is 0 Å². The lowest BCUT2D eigenvalue weighted by molar-refractivity contribution is -0.117. The molecule has 0 bridgehead atoms. The number of rotatable bonds is 3. The Morgan fingerprint density at radius 2 is 1.64 bits per heavy atom. The fourth-order valence-corrected chi connectivity index (χ4v) is 4.17. The van der Waals surface area contributed by atoms with Gasteiger partial charge in [0.05, 0.1) is 11.3 Å². The monoisotopic (exact) mass is 417 g/mol. The molecule has 5 nitrogen and oxygen atoms in total. The topological polar surface area (TPSA) is 43.9 Å². The maximum Gasteiger partial charge on any atom is 0.256 e. The molecule has 2 fully saturated rings. The highest BCUT2D eigenvalue weighted by Gasteiger charge is 2.29. The number of amides is 2. The second-order valence-electron chi connectivity index (χ2n) is 7.07. The van der Waals surface area contributed by atoms with Gasteiger partial charge in [-0.05, 0) is 42.8 Å². The summed E-state index contributed by atoms with van der Waals surface area (Å²) in [6.45, 7) is 3.32. The molecule has 2 heterocycles. The van der Waals surface area contributed by atoms with Crippen molar-refractivity contribution in [2.75, 3.05) is 42.5 Å². The van der Waals surface area contributed by atoms with Gasteiger partial charge in [0.15, 0.2) is 0 Å². The lowest BCUT2D eigenvalue weighted by Crippen LogP contribution is -2.49. The Balaban J connectivity index is 1.51. The maximum absolute atomic E-state index is 13.2. The molecular weight excluding hydrogens is 397 g/mol.